The van der Waals surface area contributed by atoms with Crippen LogP contribution in [-0.2, 0) is 14.2 Å². The molecular formula is C28H34O15. The van der Waals surface area contributed by atoms with Crippen LogP contribution in [0.2, 0.25) is 0 Å². The molecule has 2 fully saturated rings. The van der Waals surface area contributed by atoms with Crippen LogP contribution in [0.4, 0.5) is 0 Å². The molecule has 2 aromatic rings. The normalized spacial score (nSPS) is 36.0. The summed E-state index contributed by atoms with van der Waals surface area (Å²) in [5.74, 6) is -0.999. The first kappa shape index (κ1) is 31.2. The number of carbonyl (C=O) groups excluding carboxylic acids is 1. The predicted octanol–water partition coefficient (Wildman–Crippen LogP) is -1.16. The summed E-state index contributed by atoms with van der Waals surface area (Å²) in [5.41, 5.74) is 0.373. The smallest absolute Gasteiger partial charge is 0.229 e. The lowest BCUT2D eigenvalue weighted by Crippen LogP contribution is -2.61. The maximum Gasteiger partial charge on any atom is 0.229 e. The molecule has 0 radical (unpaired) electrons. The van der Waals surface area contributed by atoms with Gasteiger partial charge in [0.05, 0.1) is 26.2 Å². The molecule has 3 aliphatic rings. The van der Waals surface area contributed by atoms with Gasteiger partial charge in [-0.2, -0.15) is 0 Å². The second-order valence-corrected chi connectivity index (χ2v) is 10.6. The van der Waals surface area contributed by atoms with Gasteiger partial charge in [-0.1, -0.05) is 6.07 Å². The number of phenols is 2. The van der Waals surface area contributed by atoms with Crippen molar-refractivity contribution in [2.45, 2.75) is 80.9 Å². The number of phenolic OH excluding ortho intramolecular Hbond substituents is 2. The lowest BCUT2D eigenvalue weighted by Gasteiger charge is -2.42. The van der Waals surface area contributed by atoms with Gasteiger partial charge in [0.25, 0.3) is 0 Å². The van der Waals surface area contributed by atoms with E-state index >= 15 is 0 Å². The number of aromatic hydroxyl groups is 2. The molecule has 11 atom stereocenters. The number of hydrogen-bond acceptors (Lipinski definition) is 15. The number of methoxy groups -OCH3 is 1. The van der Waals surface area contributed by atoms with Gasteiger partial charge in [0.15, 0.2) is 23.6 Å². The van der Waals surface area contributed by atoms with Gasteiger partial charge in [0.2, 0.25) is 6.29 Å². The summed E-state index contributed by atoms with van der Waals surface area (Å²) in [6.07, 6.45) is -15.9. The molecule has 15 heteroatoms. The molecule has 0 unspecified atom stereocenters. The van der Waals surface area contributed by atoms with Gasteiger partial charge in [-0.05, 0) is 24.6 Å². The first-order valence-electron chi connectivity index (χ1n) is 13.5. The maximum absolute atomic E-state index is 12.9. The fourth-order valence-electron chi connectivity index (χ4n) is 5.20. The third kappa shape index (κ3) is 6.08. The van der Waals surface area contributed by atoms with Crippen molar-refractivity contribution in [3.63, 3.8) is 0 Å². The summed E-state index contributed by atoms with van der Waals surface area (Å²) >= 11 is 0. The second-order valence-electron chi connectivity index (χ2n) is 10.6. The standard InChI is InChI=1S/C28H34O15/c1-10-21(32)23(34)25(36)27(40-10)39-9-19-22(33)24(35)26(37)28(43-19)41-12-6-14(30)20-15(31)8-17(42-18(20)7-12)11-3-4-16(38-2)13(29)5-11/h3-7,10,17,19,21-30,32-37H,8-9H2,1-2H3/t10-,17-,19+,21+,22-,23-,24+,25-,26-,27-,28-/m1/s1. The van der Waals surface area contributed by atoms with Gasteiger partial charge in [-0.25, -0.2) is 0 Å². The van der Waals surface area contributed by atoms with Crippen molar-refractivity contribution < 1.29 is 74.1 Å². The highest BCUT2D eigenvalue weighted by Gasteiger charge is 2.47. The Balaban J connectivity index is 1.30. The monoisotopic (exact) mass is 610 g/mol. The molecule has 0 spiro atoms. The maximum atomic E-state index is 12.9. The van der Waals surface area contributed by atoms with Crippen LogP contribution in [0.1, 0.15) is 35.4 Å². The van der Waals surface area contributed by atoms with Crippen molar-refractivity contribution >= 4 is 5.78 Å². The summed E-state index contributed by atoms with van der Waals surface area (Å²) in [6.45, 7) is 0.964. The third-order valence-electron chi connectivity index (χ3n) is 7.70. The topological polar surface area (TPSA) is 234 Å². The number of rotatable bonds is 7. The molecule has 0 bridgehead atoms. The molecule has 15 nitrogen and oxygen atoms in total. The zero-order chi connectivity index (χ0) is 31.2. The summed E-state index contributed by atoms with van der Waals surface area (Å²) in [6, 6.07) is 6.90. The van der Waals surface area contributed by atoms with Crippen LogP contribution in [0.3, 0.4) is 0 Å². The molecule has 3 aliphatic heterocycles. The fraction of sp³-hybridized carbons (Fsp3) is 0.536. The Hall–Kier alpha value is -3.25. The van der Waals surface area contributed by atoms with Crippen LogP contribution in [-0.4, -0.2) is 122 Å². The molecule has 3 heterocycles. The van der Waals surface area contributed by atoms with Crippen LogP contribution in [0, 0.1) is 0 Å². The molecule has 2 saturated heterocycles. The molecule has 0 aromatic heterocycles. The average Bonchev–Trinajstić information content (AvgIpc) is 2.97. The number of fused-ring (bicyclic) bond motifs is 1. The van der Waals surface area contributed by atoms with Crippen LogP contribution in [0.5, 0.6) is 28.7 Å². The Morgan fingerprint density at radius 3 is 2.23 bits per heavy atom. The minimum atomic E-state index is -1.77. The number of carbonyl (C=O) groups is 1. The summed E-state index contributed by atoms with van der Waals surface area (Å²) in [7, 11) is 1.39. The van der Waals surface area contributed by atoms with Gasteiger partial charge < -0.3 is 69.3 Å². The fourth-order valence-corrected chi connectivity index (χ4v) is 5.20. The van der Waals surface area contributed by atoms with Crippen molar-refractivity contribution in [2.24, 2.45) is 0 Å². The third-order valence-corrected chi connectivity index (χ3v) is 7.70. The van der Waals surface area contributed by atoms with E-state index in [2.05, 4.69) is 0 Å². The molecular weight excluding hydrogens is 576 g/mol. The van der Waals surface area contributed by atoms with E-state index in [-0.39, 0.29) is 35.0 Å². The Labute approximate surface area is 245 Å². The lowest BCUT2D eigenvalue weighted by atomic mass is 9.95. The first-order chi connectivity index (χ1) is 20.4. The molecule has 43 heavy (non-hydrogen) atoms. The van der Waals surface area contributed by atoms with Gasteiger partial charge in [-0.3, -0.25) is 4.79 Å². The van der Waals surface area contributed by atoms with E-state index in [4.69, 9.17) is 28.4 Å². The van der Waals surface area contributed by atoms with Crippen LogP contribution >= 0.6 is 0 Å². The average molecular weight is 611 g/mol. The molecule has 0 amide bonds. The van der Waals surface area contributed by atoms with Crippen molar-refractivity contribution in [1.82, 2.24) is 0 Å². The number of benzene rings is 2. The quantitative estimate of drug-likeness (QED) is 0.185. The zero-order valence-electron chi connectivity index (χ0n) is 23.1. The minimum absolute atomic E-state index is 0.0457. The molecule has 236 valence electrons. The van der Waals surface area contributed by atoms with Crippen molar-refractivity contribution in [2.75, 3.05) is 13.7 Å². The van der Waals surface area contributed by atoms with Crippen molar-refractivity contribution in [1.29, 1.82) is 0 Å². The zero-order valence-corrected chi connectivity index (χ0v) is 23.1. The number of ketones is 1. The number of Topliss-reactive ketones (excluding diaryl/α,β-unsaturated/α-hetero) is 1. The van der Waals surface area contributed by atoms with Gasteiger partial charge in [0, 0.05) is 12.1 Å². The second kappa shape index (κ2) is 12.4. The summed E-state index contributed by atoms with van der Waals surface area (Å²) in [5, 5.41) is 82.2. The number of hydrogen-bond donors (Lipinski definition) is 8. The van der Waals surface area contributed by atoms with Crippen LogP contribution in [0.25, 0.3) is 0 Å². The molecule has 2 aromatic carbocycles. The van der Waals surface area contributed by atoms with E-state index in [1.807, 2.05) is 0 Å². The van der Waals surface area contributed by atoms with E-state index < -0.39 is 85.7 Å². The van der Waals surface area contributed by atoms with E-state index in [1.54, 1.807) is 6.07 Å². The van der Waals surface area contributed by atoms with E-state index in [0.29, 0.717) is 5.56 Å². The summed E-state index contributed by atoms with van der Waals surface area (Å²) in [4.78, 5) is 12.9. The molecule has 0 aliphatic carbocycles. The Kier molecular flexibility index (Phi) is 8.99. The highest BCUT2D eigenvalue weighted by Crippen LogP contribution is 2.43. The first-order valence-corrected chi connectivity index (χ1v) is 13.5. The highest BCUT2D eigenvalue weighted by atomic mass is 16.7. The van der Waals surface area contributed by atoms with E-state index in [0.717, 1.165) is 6.07 Å². The minimum Gasteiger partial charge on any atom is -0.507 e. The van der Waals surface area contributed by atoms with E-state index in [1.165, 1.54) is 32.2 Å². The SMILES string of the molecule is COc1ccc([C@H]2CC(=O)c3c(O)cc(O[C@@H]4O[C@@H](CO[C@@H]5O[C@H](C)[C@H](O)[C@@H](O)[C@H]5O)[C@@H](O)[C@H](O)[C@H]4O)cc3O2)cc1O. The molecule has 5 rings (SSSR count). The number of ether oxygens (including phenoxy) is 6. The van der Waals surface area contributed by atoms with Gasteiger partial charge in [-0.15, -0.1) is 0 Å². The van der Waals surface area contributed by atoms with Gasteiger partial charge >= 0.3 is 0 Å². The number of aliphatic hydroxyl groups is 6. The largest absolute Gasteiger partial charge is 0.507 e. The van der Waals surface area contributed by atoms with Crippen molar-refractivity contribution in [3.05, 3.63) is 41.5 Å². The highest BCUT2D eigenvalue weighted by molar-refractivity contribution is 6.02. The molecule has 8 N–H and O–H groups in total. The Morgan fingerprint density at radius 2 is 1.53 bits per heavy atom. The Bertz CT molecular complexity index is 1320. The van der Waals surface area contributed by atoms with Crippen LogP contribution in [0.15, 0.2) is 30.3 Å². The van der Waals surface area contributed by atoms with Crippen LogP contribution < -0.4 is 14.2 Å². The summed E-state index contributed by atoms with van der Waals surface area (Å²) < 4.78 is 33.1. The molecule has 0 saturated carbocycles. The Morgan fingerprint density at radius 1 is 0.837 bits per heavy atom. The predicted molar refractivity (Wildman–Crippen MR) is 141 cm³/mol. The van der Waals surface area contributed by atoms with E-state index in [9.17, 15) is 45.6 Å². The number of aliphatic hydroxyl groups excluding tert-OH is 6. The lowest BCUT2D eigenvalue weighted by molar-refractivity contribution is -0.318. The van der Waals surface area contributed by atoms with Gasteiger partial charge in [0.1, 0.15) is 71.6 Å². The van der Waals surface area contributed by atoms with Crippen molar-refractivity contribution in [3.8, 4) is 28.7 Å².